The molecule has 0 aliphatic heterocycles. The number of aryl methyl sites for hydroxylation is 1. The first kappa shape index (κ1) is 22.0. The van der Waals surface area contributed by atoms with Crippen LogP contribution in [-0.4, -0.2) is 24.1 Å². The molecule has 0 fully saturated rings. The SMILES string of the molecule is CN=C(NCc1ccc(OC(C)C)nc1)NCc1oc2ccccc2c1C.I. The highest BCUT2D eigenvalue weighted by Crippen LogP contribution is 2.24. The Morgan fingerprint density at radius 1 is 1.14 bits per heavy atom. The molecule has 1 aromatic carbocycles. The van der Waals surface area contributed by atoms with Gasteiger partial charge in [0.25, 0.3) is 0 Å². The van der Waals surface area contributed by atoms with E-state index in [1.165, 1.54) is 0 Å². The smallest absolute Gasteiger partial charge is 0.213 e. The number of pyridine rings is 1. The van der Waals surface area contributed by atoms with E-state index >= 15 is 0 Å². The normalized spacial score (nSPS) is 11.4. The number of rotatable bonds is 6. The third kappa shape index (κ3) is 5.60. The first-order chi connectivity index (χ1) is 13.1. The molecule has 3 aromatic rings. The maximum atomic E-state index is 5.93. The molecule has 0 saturated carbocycles. The van der Waals surface area contributed by atoms with E-state index < -0.39 is 0 Å². The Morgan fingerprint density at radius 3 is 2.54 bits per heavy atom. The van der Waals surface area contributed by atoms with Gasteiger partial charge in [-0.3, -0.25) is 4.99 Å². The summed E-state index contributed by atoms with van der Waals surface area (Å²) in [6, 6.07) is 11.9. The van der Waals surface area contributed by atoms with Crippen LogP contribution in [0.3, 0.4) is 0 Å². The van der Waals surface area contributed by atoms with Crippen LogP contribution in [-0.2, 0) is 13.1 Å². The third-order valence-electron chi connectivity index (χ3n) is 4.20. The van der Waals surface area contributed by atoms with Crippen molar-refractivity contribution >= 4 is 40.9 Å². The molecule has 0 radical (unpaired) electrons. The van der Waals surface area contributed by atoms with Crippen LogP contribution in [0.15, 0.2) is 52.0 Å². The van der Waals surface area contributed by atoms with Crippen LogP contribution in [0.25, 0.3) is 11.0 Å². The van der Waals surface area contributed by atoms with E-state index in [2.05, 4.69) is 33.6 Å². The van der Waals surface area contributed by atoms with Crippen LogP contribution < -0.4 is 15.4 Å². The van der Waals surface area contributed by atoms with Crippen molar-refractivity contribution in [1.82, 2.24) is 15.6 Å². The Kier molecular flexibility index (Phi) is 8.10. The van der Waals surface area contributed by atoms with Crippen LogP contribution in [0.5, 0.6) is 5.88 Å². The van der Waals surface area contributed by atoms with Gasteiger partial charge in [-0.2, -0.15) is 0 Å². The molecular weight excluding hydrogens is 467 g/mol. The number of para-hydroxylation sites is 1. The van der Waals surface area contributed by atoms with Crippen molar-refractivity contribution in [2.75, 3.05) is 7.05 Å². The van der Waals surface area contributed by atoms with Gasteiger partial charge in [0.2, 0.25) is 5.88 Å². The molecule has 0 bridgehead atoms. The van der Waals surface area contributed by atoms with Crippen molar-refractivity contribution in [2.45, 2.75) is 40.0 Å². The Hall–Kier alpha value is -2.29. The molecule has 7 heteroatoms. The summed E-state index contributed by atoms with van der Waals surface area (Å²) < 4.78 is 11.5. The fourth-order valence-corrected chi connectivity index (χ4v) is 2.79. The predicted octanol–water partition coefficient (Wildman–Crippen LogP) is 4.41. The van der Waals surface area contributed by atoms with Crippen LogP contribution in [0.2, 0.25) is 0 Å². The molecule has 150 valence electrons. The van der Waals surface area contributed by atoms with Gasteiger partial charge < -0.3 is 19.8 Å². The number of nitrogens with zero attached hydrogens (tertiary/aromatic N) is 2. The molecule has 2 heterocycles. The lowest BCUT2D eigenvalue weighted by molar-refractivity contribution is 0.232. The molecule has 0 unspecified atom stereocenters. The third-order valence-corrected chi connectivity index (χ3v) is 4.20. The summed E-state index contributed by atoms with van der Waals surface area (Å²) >= 11 is 0. The van der Waals surface area contributed by atoms with Gasteiger partial charge in [-0.1, -0.05) is 24.3 Å². The molecule has 3 rings (SSSR count). The zero-order valence-electron chi connectivity index (χ0n) is 16.7. The minimum atomic E-state index is 0. The Bertz CT molecular complexity index is 920. The van der Waals surface area contributed by atoms with Crippen molar-refractivity contribution < 1.29 is 9.15 Å². The first-order valence-corrected chi connectivity index (χ1v) is 9.10. The zero-order valence-corrected chi connectivity index (χ0v) is 19.0. The van der Waals surface area contributed by atoms with Gasteiger partial charge in [0.05, 0.1) is 12.6 Å². The van der Waals surface area contributed by atoms with E-state index in [1.807, 2.05) is 44.2 Å². The van der Waals surface area contributed by atoms with Crippen molar-refractivity contribution in [3.8, 4) is 5.88 Å². The number of hydrogen-bond acceptors (Lipinski definition) is 4. The van der Waals surface area contributed by atoms with Gasteiger partial charge in [0.15, 0.2) is 5.96 Å². The number of furan rings is 1. The van der Waals surface area contributed by atoms with Crippen molar-refractivity contribution in [1.29, 1.82) is 0 Å². The highest BCUT2D eigenvalue weighted by atomic mass is 127. The molecule has 0 atom stereocenters. The maximum absolute atomic E-state index is 5.93. The van der Waals surface area contributed by atoms with Crippen LogP contribution in [0.4, 0.5) is 0 Å². The number of fused-ring (bicyclic) bond motifs is 1. The van der Waals surface area contributed by atoms with Gasteiger partial charge in [0.1, 0.15) is 11.3 Å². The fourth-order valence-electron chi connectivity index (χ4n) is 2.79. The van der Waals surface area contributed by atoms with Crippen molar-refractivity contribution in [2.24, 2.45) is 4.99 Å². The number of benzene rings is 1. The lowest BCUT2D eigenvalue weighted by Crippen LogP contribution is -2.36. The summed E-state index contributed by atoms with van der Waals surface area (Å²) in [4.78, 5) is 8.58. The summed E-state index contributed by atoms with van der Waals surface area (Å²) in [5, 5.41) is 7.73. The van der Waals surface area contributed by atoms with Gasteiger partial charge in [-0.05, 0) is 32.4 Å². The maximum Gasteiger partial charge on any atom is 0.213 e. The van der Waals surface area contributed by atoms with Gasteiger partial charge in [-0.15, -0.1) is 24.0 Å². The van der Waals surface area contributed by atoms with Crippen LogP contribution in [0.1, 0.15) is 30.7 Å². The molecule has 0 aliphatic rings. The summed E-state index contributed by atoms with van der Waals surface area (Å²) in [7, 11) is 1.75. The van der Waals surface area contributed by atoms with Crippen LogP contribution in [0, 0.1) is 6.92 Å². The van der Waals surface area contributed by atoms with Gasteiger partial charge in [0, 0.05) is 36.8 Å². The highest BCUT2D eigenvalue weighted by Gasteiger charge is 2.10. The number of aliphatic imine (C=N–C) groups is 1. The standard InChI is InChI=1S/C21H26N4O2.HI/c1-14(2)26-20-10-9-16(11-23-20)12-24-21(22-4)25-13-19-15(3)17-7-5-6-8-18(17)27-19;/h5-11,14H,12-13H2,1-4H3,(H2,22,24,25);1H. The largest absolute Gasteiger partial charge is 0.475 e. The minimum absolute atomic E-state index is 0. The Labute approximate surface area is 182 Å². The number of nitrogens with one attached hydrogen (secondary N) is 2. The monoisotopic (exact) mass is 494 g/mol. The number of aromatic nitrogens is 1. The second-order valence-electron chi connectivity index (χ2n) is 6.60. The molecular formula is C21H27IN4O2. The Morgan fingerprint density at radius 2 is 1.89 bits per heavy atom. The van der Waals surface area contributed by atoms with E-state index in [0.29, 0.717) is 24.9 Å². The Balaban J connectivity index is 0.00000280. The van der Waals surface area contributed by atoms with Gasteiger partial charge >= 0.3 is 0 Å². The minimum Gasteiger partial charge on any atom is -0.475 e. The molecule has 0 amide bonds. The molecule has 0 saturated heterocycles. The molecule has 28 heavy (non-hydrogen) atoms. The number of hydrogen-bond donors (Lipinski definition) is 2. The van der Waals surface area contributed by atoms with E-state index in [4.69, 9.17) is 9.15 Å². The topological polar surface area (TPSA) is 71.7 Å². The summed E-state index contributed by atoms with van der Waals surface area (Å²) in [5.74, 6) is 2.25. The fraction of sp³-hybridized carbons (Fsp3) is 0.333. The average molecular weight is 494 g/mol. The second kappa shape index (κ2) is 10.3. The molecule has 2 N–H and O–H groups in total. The molecule has 2 aromatic heterocycles. The van der Waals surface area contributed by atoms with E-state index in [0.717, 1.165) is 27.9 Å². The zero-order chi connectivity index (χ0) is 19.2. The van der Waals surface area contributed by atoms with Crippen molar-refractivity contribution in [3.63, 3.8) is 0 Å². The molecule has 0 aliphatic carbocycles. The van der Waals surface area contributed by atoms with E-state index in [-0.39, 0.29) is 30.1 Å². The predicted molar refractivity (Wildman–Crippen MR) is 123 cm³/mol. The van der Waals surface area contributed by atoms with E-state index in [9.17, 15) is 0 Å². The molecule has 6 nitrogen and oxygen atoms in total. The lowest BCUT2D eigenvalue weighted by Gasteiger charge is -2.12. The second-order valence-corrected chi connectivity index (χ2v) is 6.60. The number of guanidine groups is 1. The summed E-state index contributed by atoms with van der Waals surface area (Å²) in [6.07, 6.45) is 1.92. The van der Waals surface area contributed by atoms with E-state index in [1.54, 1.807) is 13.2 Å². The quantitative estimate of drug-likeness (QED) is 0.302. The highest BCUT2D eigenvalue weighted by molar-refractivity contribution is 14.0. The summed E-state index contributed by atoms with van der Waals surface area (Å²) in [6.45, 7) is 7.23. The van der Waals surface area contributed by atoms with Crippen LogP contribution >= 0.6 is 24.0 Å². The average Bonchev–Trinajstić information content (AvgIpc) is 2.99. The lowest BCUT2D eigenvalue weighted by atomic mass is 10.1. The molecule has 0 spiro atoms. The number of halogens is 1. The van der Waals surface area contributed by atoms with Gasteiger partial charge in [-0.25, -0.2) is 4.98 Å². The number of ether oxygens (including phenoxy) is 1. The van der Waals surface area contributed by atoms with Crippen molar-refractivity contribution in [3.05, 3.63) is 59.5 Å². The summed E-state index contributed by atoms with van der Waals surface area (Å²) in [5.41, 5.74) is 3.11. The first-order valence-electron chi connectivity index (χ1n) is 9.10.